The van der Waals surface area contributed by atoms with Gasteiger partial charge in [0, 0.05) is 18.0 Å². The first-order chi connectivity index (χ1) is 14.5. The molecule has 0 amide bonds. The molecule has 1 aromatic carbocycles. The number of pyridine rings is 1. The standard InChI is InChI=1S/C21H18ClN3O3S2/c22-20-9-8-19(12-23-20)30(26,27)25(14-18-7-4-10-28-18)13-17-15-29-21(24-17)11-16-5-2-1-3-6-16/h1-10,12,15H,11,13-14H2. The lowest BCUT2D eigenvalue weighted by Gasteiger charge is -2.20. The highest BCUT2D eigenvalue weighted by molar-refractivity contribution is 7.89. The Labute approximate surface area is 183 Å². The first-order valence-electron chi connectivity index (χ1n) is 9.12. The topological polar surface area (TPSA) is 76.3 Å². The smallest absolute Gasteiger partial charge is 0.245 e. The fraction of sp³-hybridized carbons (Fsp3) is 0.143. The zero-order chi connectivity index (χ0) is 21.0. The molecule has 0 radical (unpaired) electrons. The van der Waals surface area contributed by atoms with E-state index in [9.17, 15) is 8.42 Å². The molecule has 3 aromatic heterocycles. The highest BCUT2D eigenvalue weighted by Crippen LogP contribution is 2.23. The third-order valence-corrected chi connectivity index (χ3v) is 7.28. The molecule has 3 heterocycles. The van der Waals surface area contributed by atoms with Crippen LogP contribution in [0.1, 0.15) is 22.0 Å². The maximum Gasteiger partial charge on any atom is 0.245 e. The molecule has 0 bridgehead atoms. The molecule has 0 aliphatic heterocycles. The SMILES string of the molecule is O=S(=O)(c1ccc(Cl)nc1)N(Cc1csc(Cc2ccccc2)n1)Cc1ccco1. The molecule has 9 heteroatoms. The van der Waals surface area contributed by atoms with Gasteiger partial charge in [-0.2, -0.15) is 4.31 Å². The van der Waals surface area contributed by atoms with Crippen molar-refractivity contribution in [2.45, 2.75) is 24.4 Å². The number of hydrogen-bond acceptors (Lipinski definition) is 6. The van der Waals surface area contributed by atoms with Crippen LogP contribution in [0.2, 0.25) is 5.15 Å². The average molecular weight is 460 g/mol. The summed E-state index contributed by atoms with van der Waals surface area (Å²) in [6.45, 7) is 0.209. The van der Waals surface area contributed by atoms with Gasteiger partial charge in [0.05, 0.1) is 30.1 Å². The van der Waals surface area contributed by atoms with Gasteiger partial charge in [-0.3, -0.25) is 0 Å². The summed E-state index contributed by atoms with van der Waals surface area (Å²) in [6.07, 6.45) is 3.48. The molecule has 0 fully saturated rings. The number of benzene rings is 1. The summed E-state index contributed by atoms with van der Waals surface area (Å²) in [5, 5.41) is 3.06. The van der Waals surface area contributed by atoms with E-state index in [1.807, 2.05) is 35.7 Å². The van der Waals surface area contributed by atoms with Gasteiger partial charge >= 0.3 is 0 Å². The van der Waals surface area contributed by atoms with E-state index >= 15 is 0 Å². The highest BCUT2D eigenvalue weighted by atomic mass is 35.5. The summed E-state index contributed by atoms with van der Waals surface area (Å²) in [7, 11) is -3.82. The Morgan fingerprint density at radius 1 is 1.03 bits per heavy atom. The van der Waals surface area contributed by atoms with Gasteiger partial charge in [-0.25, -0.2) is 18.4 Å². The van der Waals surface area contributed by atoms with Gasteiger partial charge in [0.25, 0.3) is 0 Å². The number of hydrogen-bond donors (Lipinski definition) is 0. The van der Waals surface area contributed by atoms with E-state index in [-0.39, 0.29) is 23.1 Å². The molecule has 154 valence electrons. The molecule has 30 heavy (non-hydrogen) atoms. The van der Waals surface area contributed by atoms with Gasteiger partial charge in [0.15, 0.2) is 0 Å². The molecule has 0 aliphatic carbocycles. The van der Waals surface area contributed by atoms with Gasteiger partial charge < -0.3 is 4.42 Å². The molecule has 0 saturated carbocycles. The van der Waals surface area contributed by atoms with E-state index in [4.69, 9.17) is 16.0 Å². The van der Waals surface area contributed by atoms with Crippen molar-refractivity contribution < 1.29 is 12.8 Å². The fourth-order valence-electron chi connectivity index (χ4n) is 2.92. The van der Waals surface area contributed by atoms with E-state index in [0.29, 0.717) is 17.9 Å². The predicted octanol–water partition coefficient (Wildman–Crippen LogP) is 4.77. The lowest BCUT2D eigenvalue weighted by molar-refractivity contribution is 0.356. The van der Waals surface area contributed by atoms with Crippen LogP contribution in [0.5, 0.6) is 0 Å². The molecular weight excluding hydrogens is 442 g/mol. The number of halogens is 1. The maximum atomic E-state index is 13.2. The summed E-state index contributed by atoms with van der Waals surface area (Å²) < 4.78 is 33.2. The van der Waals surface area contributed by atoms with Gasteiger partial charge in [0.1, 0.15) is 15.8 Å². The largest absolute Gasteiger partial charge is 0.468 e. The van der Waals surface area contributed by atoms with Gasteiger partial charge in [-0.05, 0) is 29.8 Å². The fourth-order valence-corrected chi connectivity index (χ4v) is 5.17. The monoisotopic (exact) mass is 459 g/mol. The van der Waals surface area contributed by atoms with Gasteiger partial charge in [0.2, 0.25) is 10.0 Å². The van der Waals surface area contributed by atoms with Crippen LogP contribution in [0.3, 0.4) is 0 Å². The maximum absolute atomic E-state index is 13.2. The molecule has 0 atom stereocenters. The summed E-state index contributed by atoms with van der Waals surface area (Å²) in [6, 6.07) is 16.4. The minimum Gasteiger partial charge on any atom is -0.468 e. The minimum atomic E-state index is -3.82. The lowest BCUT2D eigenvalue weighted by Crippen LogP contribution is -2.30. The molecular formula is C21H18ClN3O3S2. The van der Waals surface area contributed by atoms with Crippen LogP contribution in [-0.4, -0.2) is 22.7 Å². The van der Waals surface area contributed by atoms with Crippen molar-refractivity contribution in [1.82, 2.24) is 14.3 Å². The van der Waals surface area contributed by atoms with E-state index in [1.165, 1.54) is 40.2 Å². The van der Waals surface area contributed by atoms with E-state index in [0.717, 1.165) is 10.6 Å². The van der Waals surface area contributed by atoms with Crippen molar-refractivity contribution in [3.8, 4) is 0 Å². The van der Waals surface area contributed by atoms with Crippen LogP contribution in [0, 0.1) is 0 Å². The summed E-state index contributed by atoms with van der Waals surface area (Å²) in [5.41, 5.74) is 1.84. The Hall–Kier alpha value is -2.52. The van der Waals surface area contributed by atoms with Gasteiger partial charge in [-0.15, -0.1) is 11.3 Å². The highest BCUT2D eigenvalue weighted by Gasteiger charge is 2.27. The van der Waals surface area contributed by atoms with Crippen molar-refractivity contribution in [2.24, 2.45) is 0 Å². The van der Waals surface area contributed by atoms with Crippen LogP contribution < -0.4 is 0 Å². The normalized spacial score (nSPS) is 11.8. The Morgan fingerprint density at radius 3 is 2.57 bits per heavy atom. The molecule has 4 aromatic rings. The summed E-state index contributed by atoms with van der Waals surface area (Å²) in [5.74, 6) is 0.542. The Morgan fingerprint density at radius 2 is 1.87 bits per heavy atom. The molecule has 4 rings (SSSR count). The van der Waals surface area contributed by atoms with Crippen molar-refractivity contribution in [3.63, 3.8) is 0 Å². The second-order valence-corrected chi connectivity index (χ2v) is 9.83. The second-order valence-electron chi connectivity index (χ2n) is 6.56. The van der Waals surface area contributed by atoms with E-state index in [2.05, 4.69) is 9.97 Å². The number of sulfonamides is 1. The molecule has 0 spiro atoms. The molecule has 0 N–H and O–H groups in total. The average Bonchev–Trinajstić information content (AvgIpc) is 3.41. The third kappa shape index (κ3) is 4.96. The van der Waals surface area contributed by atoms with Gasteiger partial charge in [-0.1, -0.05) is 41.9 Å². The number of rotatable bonds is 8. The molecule has 6 nitrogen and oxygen atoms in total. The van der Waals surface area contributed by atoms with Crippen molar-refractivity contribution in [3.05, 3.63) is 99.6 Å². The molecule has 0 unspecified atom stereocenters. The van der Waals surface area contributed by atoms with Crippen LogP contribution in [-0.2, 0) is 29.5 Å². The minimum absolute atomic E-state index is 0.0678. The second kappa shape index (κ2) is 9.09. The number of furan rings is 1. The first-order valence-corrected chi connectivity index (χ1v) is 11.8. The van der Waals surface area contributed by atoms with Crippen LogP contribution in [0.15, 0.2) is 81.8 Å². The van der Waals surface area contributed by atoms with Crippen LogP contribution >= 0.6 is 22.9 Å². The number of nitrogens with zero attached hydrogens (tertiary/aromatic N) is 3. The molecule has 0 aliphatic rings. The number of thiazole rings is 1. The van der Waals surface area contributed by atoms with E-state index < -0.39 is 10.0 Å². The van der Waals surface area contributed by atoms with Crippen molar-refractivity contribution in [2.75, 3.05) is 0 Å². The van der Waals surface area contributed by atoms with Crippen molar-refractivity contribution >= 4 is 33.0 Å². The quantitative estimate of drug-likeness (QED) is 0.355. The lowest BCUT2D eigenvalue weighted by atomic mass is 10.2. The summed E-state index contributed by atoms with van der Waals surface area (Å²) in [4.78, 5) is 8.61. The van der Waals surface area contributed by atoms with Crippen molar-refractivity contribution in [1.29, 1.82) is 0 Å². The third-order valence-electron chi connectivity index (χ3n) is 4.39. The zero-order valence-corrected chi connectivity index (χ0v) is 18.2. The Balaban J connectivity index is 1.58. The predicted molar refractivity (Wildman–Crippen MR) is 116 cm³/mol. The Bertz CT molecular complexity index is 1190. The van der Waals surface area contributed by atoms with E-state index in [1.54, 1.807) is 12.1 Å². The first kappa shape index (κ1) is 20.7. The zero-order valence-electron chi connectivity index (χ0n) is 15.8. The molecule has 0 saturated heterocycles. The van der Waals surface area contributed by atoms with Crippen LogP contribution in [0.4, 0.5) is 0 Å². The summed E-state index contributed by atoms with van der Waals surface area (Å²) >= 11 is 7.33. The number of aromatic nitrogens is 2. The Kier molecular flexibility index (Phi) is 6.29. The van der Waals surface area contributed by atoms with Crippen LogP contribution in [0.25, 0.3) is 0 Å².